The molecule has 1 aromatic carbocycles. The normalized spacial score (nSPS) is 15.7. The number of carbonyl (C=O) groups excluding carboxylic acids is 1. The molecule has 0 radical (unpaired) electrons. The van der Waals surface area contributed by atoms with Crippen molar-refractivity contribution in [1.82, 2.24) is 14.8 Å². The van der Waals surface area contributed by atoms with Gasteiger partial charge in [-0.05, 0) is 5.56 Å². The summed E-state index contributed by atoms with van der Waals surface area (Å²) in [6.45, 7) is 4.82. The third-order valence-corrected chi connectivity index (χ3v) is 5.27. The summed E-state index contributed by atoms with van der Waals surface area (Å²) in [6.07, 6.45) is 4.73. The smallest absolute Gasteiger partial charge is 0.228 e. The molecule has 1 fully saturated rings. The van der Waals surface area contributed by atoms with E-state index >= 15 is 0 Å². The van der Waals surface area contributed by atoms with Gasteiger partial charge in [0.25, 0.3) is 0 Å². The number of carbonyl (C=O) groups is 1. The number of thiazole rings is 1. The summed E-state index contributed by atoms with van der Waals surface area (Å²) in [5.41, 5.74) is 2.07. The van der Waals surface area contributed by atoms with Gasteiger partial charge in [-0.2, -0.15) is 0 Å². The summed E-state index contributed by atoms with van der Waals surface area (Å²) in [5, 5.41) is 2.88. The maximum absolute atomic E-state index is 12.5. The fraction of sp³-hybridized carbons (Fsp3) is 0.400. The average molecular weight is 372 g/mol. The van der Waals surface area contributed by atoms with E-state index in [2.05, 4.69) is 34.2 Å². The van der Waals surface area contributed by atoms with Crippen LogP contribution < -0.4 is 0 Å². The Bertz CT molecular complexity index is 722. The quantitative estimate of drug-likeness (QED) is 0.751. The van der Waals surface area contributed by atoms with E-state index < -0.39 is 0 Å². The maximum atomic E-state index is 12.5. The standard InChI is InChI=1S/C20H25N3O2S/c1-25-15-19-21-18(16-26-19)14-20(24)23-12-10-22(11-13-23)9-5-8-17-6-3-2-4-7-17/h2-8,16H,9-15H2,1H3/b8-5+. The van der Waals surface area contributed by atoms with Gasteiger partial charge in [-0.25, -0.2) is 4.98 Å². The van der Waals surface area contributed by atoms with E-state index in [4.69, 9.17) is 4.74 Å². The van der Waals surface area contributed by atoms with Crippen LogP contribution in [0.2, 0.25) is 0 Å². The first-order valence-corrected chi connectivity index (χ1v) is 9.76. The van der Waals surface area contributed by atoms with Crippen molar-refractivity contribution in [3.8, 4) is 0 Å². The summed E-state index contributed by atoms with van der Waals surface area (Å²) in [4.78, 5) is 21.2. The van der Waals surface area contributed by atoms with Crippen LogP contribution in [0.25, 0.3) is 6.08 Å². The number of hydrogen-bond acceptors (Lipinski definition) is 5. The van der Waals surface area contributed by atoms with Crippen LogP contribution in [0.5, 0.6) is 0 Å². The van der Waals surface area contributed by atoms with E-state index in [1.807, 2.05) is 28.5 Å². The fourth-order valence-electron chi connectivity index (χ4n) is 2.97. The number of aromatic nitrogens is 1. The molecule has 0 N–H and O–H groups in total. The molecule has 2 heterocycles. The minimum absolute atomic E-state index is 0.166. The number of ether oxygens (including phenoxy) is 1. The third-order valence-electron chi connectivity index (χ3n) is 4.40. The van der Waals surface area contributed by atoms with Crippen LogP contribution in [0, 0.1) is 0 Å². The number of rotatable bonds is 7. The second-order valence-corrected chi connectivity index (χ2v) is 7.28. The molecule has 1 amide bonds. The molecule has 2 aromatic rings. The molecule has 6 heteroatoms. The summed E-state index contributed by atoms with van der Waals surface area (Å²) in [6, 6.07) is 10.3. The van der Waals surface area contributed by atoms with Crippen molar-refractivity contribution in [3.05, 3.63) is 58.1 Å². The fourth-order valence-corrected chi connectivity index (χ4v) is 3.73. The van der Waals surface area contributed by atoms with Gasteiger partial charge in [0.1, 0.15) is 5.01 Å². The molecule has 1 aliphatic rings. The Labute approximate surface area is 158 Å². The zero-order chi connectivity index (χ0) is 18.2. The first-order chi connectivity index (χ1) is 12.7. The Morgan fingerprint density at radius 3 is 2.73 bits per heavy atom. The number of methoxy groups -OCH3 is 1. The van der Waals surface area contributed by atoms with Crippen LogP contribution >= 0.6 is 11.3 Å². The van der Waals surface area contributed by atoms with Crippen molar-refractivity contribution in [3.63, 3.8) is 0 Å². The molecule has 1 aliphatic heterocycles. The van der Waals surface area contributed by atoms with E-state index in [0.29, 0.717) is 13.0 Å². The first kappa shape index (κ1) is 18.8. The van der Waals surface area contributed by atoms with Gasteiger partial charge in [0, 0.05) is 45.2 Å². The minimum Gasteiger partial charge on any atom is -0.378 e. The zero-order valence-corrected chi connectivity index (χ0v) is 16.0. The van der Waals surface area contributed by atoms with Gasteiger partial charge in [-0.3, -0.25) is 9.69 Å². The molecule has 26 heavy (non-hydrogen) atoms. The highest BCUT2D eigenvalue weighted by atomic mass is 32.1. The summed E-state index contributed by atoms with van der Waals surface area (Å²) in [5.74, 6) is 0.166. The van der Waals surface area contributed by atoms with Crippen LogP contribution in [0.15, 0.2) is 41.8 Å². The molecule has 0 atom stereocenters. The number of amides is 1. The summed E-state index contributed by atoms with van der Waals surface area (Å²) in [7, 11) is 1.65. The lowest BCUT2D eigenvalue weighted by atomic mass is 10.2. The van der Waals surface area contributed by atoms with Gasteiger partial charge in [-0.1, -0.05) is 42.5 Å². The molecule has 138 valence electrons. The van der Waals surface area contributed by atoms with Crippen LogP contribution in [0.4, 0.5) is 0 Å². The predicted octanol–water partition coefficient (Wildman–Crippen LogP) is 2.69. The third kappa shape index (κ3) is 5.49. The molecule has 1 aromatic heterocycles. The Hall–Kier alpha value is -2.02. The number of benzene rings is 1. The van der Waals surface area contributed by atoms with E-state index in [9.17, 15) is 4.79 Å². The zero-order valence-electron chi connectivity index (χ0n) is 15.1. The number of nitrogens with zero attached hydrogens (tertiary/aromatic N) is 3. The Kier molecular flexibility index (Phi) is 6.94. The molecule has 0 bridgehead atoms. The van der Waals surface area contributed by atoms with E-state index in [-0.39, 0.29) is 5.91 Å². The predicted molar refractivity (Wildman–Crippen MR) is 105 cm³/mol. The number of piperazine rings is 1. The molecule has 0 aliphatic carbocycles. The van der Waals surface area contributed by atoms with Crippen LogP contribution in [-0.2, 0) is 22.6 Å². The van der Waals surface area contributed by atoms with Crippen LogP contribution in [0.1, 0.15) is 16.3 Å². The van der Waals surface area contributed by atoms with Gasteiger partial charge in [-0.15, -0.1) is 11.3 Å². The average Bonchev–Trinajstić information content (AvgIpc) is 3.10. The van der Waals surface area contributed by atoms with E-state index in [0.717, 1.165) is 43.4 Å². The molecule has 1 saturated heterocycles. The second-order valence-electron chi connectivity index (χ2n) is 6.34. The lowest BCUT2D eigenvalue weighted by Gasteiger charge is -2.34. The molecule has 0 unspecified atom stereocenters. The molecular formula is C20H25N3O2S. The Balaban J connectivity index is 1.41. The van der Waals surface area contributed by atoms with Gasteiger partial charge in [0.15, 0.2) is 0 Å². The first-order valence-electron chi connectivity index (χ1n) is 8.88. The van der Waals surface area contributed by atoms with Crippen molar-refractivity contribution in [2.45, 2.75) is 13.0 Å². The van der Waals surface area contributed by atoms with E-state index in [1.165, 1.54) is 5.56 Å². The highest BCUT2D eigenvalue weighted by Gasteiger charge is 2.21. The monoisotopic (exact) mass is 371 g/mol. The molecule has 0 spiro atoms. The van der Waals surface area contributed by atoms with Crippen LogP contribution in [-0.4, -0.2) is 60.5 Å². The minimum atomic E-state index is 0.166. The number of hydrogen-bond donors (Lipinski definition) is 0. The van der Waals surface area contributed by atoms with Crippen molar-refractivity contribution in [2.24, 2.45) is 0 Å². The highest BCUT2D eigenvalue weighted by Crippen LogP contribution is 2.13. The molecule has 0 saturated carbocycles. The lowest BCUT2D eigenvalue weighted by Crippen LogP contribution is -2.49. The van der Waals surface area contributed by atoms with Gasteiger partial charge in [0.2, 0.25) is 5.91 Å². The Morgan fingerprint density at radius 2 is 2.00 bits per heavy atom. The van der Waals surface area contributed by atoms with Crippen molar-refractivity contribution in [1.29, 1.82) is 0 Å². The molecule has 3 rings (SSSR count). The SMILES string of the molecule is COCc1nc(CC(=O)N2CCN(C/C=C/c3ccccc3)CC2)cs1. The second kappa shape index (κ2) is 9.62. The van der Waals surface area contributed by atoms with Crippen molar-refractivity contribution >= 4 is 23.3 Å². The van der Waals surface area contributed by atoms with Gasteiger partial charge in [0.05, 0.1) is 18.7 Å². The highest BCUT2D eigenvalue weighted by molar-refractivity contribution is 7.09. The van der Waals surface area contributed by atoms with Crippen molar-refractivity contribution < 1.29 is 9.53 Å². The van der Waals surface area contributed by atoms with Gasteiger partial charge >= 0.3 is 0 Å². The van der Waals surface area contributed by atoms with Crippen LogP contribution in [0.3, 0.4) is 0 Å². The topological polar surface area (TPSA) is 45.7 Å². The lowest BCUT2D eigenvalue weighted by molar-refractivity contribution is -0.132. The van der Waals surface area contributed by atoms with E-state index in [1.54, 1.807) is 18.4 Å². The summed E-state index contributed by atoms with van der Waals surface area (Å²) >= 11 is 1.55. The Morgan fingerprint density at radius 1 is 1.23 bits per heavy atom. The maximum Gasteiger partial charge on any atom is 0.228 e. The van der Waals surface area contributed by atoms with Gasteiger partial charge < -0.3 is 9.64 Å². The molecular weight excluding hydrogens is 346 g/mol. The largest absolute Gasteiger partial charge is 0.378 e. The molecule has 5 nitrogen and oxygen atoms in total. The summed E-state index contributed by atoms with van der Waals surface area (Å²) < 4.78 is 5.08. The van der Waals surface area contributed by atoms with Crippen molar-refractivity contribution in [2.75, 3.05) is 39.8 Å².